The Labute approximate surface area is 106 Å². The summed E-state index contributed by atoms with van der Waals surface area (Å²) in [6.45, 7) is 13.1. The molecule has 1 aliphatic rings. The van der Waals surface area contributed by atoms with Crippen molar-refractivity contribution in [2.24, 2.45) is 0 Å². The van der Waals surface area contributed by atoms with Crippen LogP contribution in [0.3, 0.4) is 0 Å². The molecule has 100 valence electrons. The van der Waals surface area contributed by atoms with Gasteiger partial charge in [-0.25, -0.2) is 4.79 Å². The first-order valence-corrected chi connectivity index (χ1v) is 13.1. The number of rotatable bonds is 3. The van der Waals surface area contributed by atoms with Gasteiger partial charge in [-0.1, -0.05) is 19.6 Å². The number of hydrogen-bond acceptors (Lipinski definition) is 4. The number of hydrogen-bond donors (Lipinski definition) is 1. The maximum absolute atomic E-state index is 12.2. The third-order valence-electron chi connectivity index (χ3n) is 2.89. The zero-order chi connectivity index (χ0) is 13.5. The minimum Gasteiger partial charge on any atom is -0.517 e. The van der Waals surface area contributed by atoms with Crippen LogP contribution in [-0.2, 0) is 9.22 Å². The van der Waals surface area contributed by atoms with Crippen LogP contribution >= 0.6 is 0 Å². The normalized spacial score (nSPS) is 27.2. The van der Waals surface area contributed by atoms with E-state index in [-0.39, 0.29) is 0 Å². The Bertz CT molecular complexity index is 309. The van der Waals surface area contributed by atoms with E-state index in [1.807, 2.05) is 24.2 Å². The van der Waals surface area contributed by atoms with Gasteiger partial charge in [-0.3, -0.25) is 4.57 Å². The Hall–Kier alpha value is -0.176. The largest absolute Gasteiger partial charge is 0.517 e. The molecule has 0 aromatic rings. The van der Waals surface area contributed by atoms with Crippen LogP contribution in [0.1, 0.15) is 12.8 Å². The van der Waals surface area contributed by atoms with Crippen molar-refractivity contribution < 1.29 is 14.3 Å². The lowest BCUT2D eigenvalue weighted by Gasteiger charge is -2.40. The van der Waals surface area contributed by atoms with Crippen LogP contribution < -0.4 is 0 Å². The van der Waals surface area contributed by atoms with Crippen molar-refractivity contribution in [3.8, 4) is 0 Å². The second-order valence-electron chi connectivity index (χ2n) is 6.74. The molecule has 1 rings (SSSR count). The molecule has 0 aromatic carbocycles. The van der Waals surface area contributed by atoms with E-state index in [1.165, 1.54) is 0 Å². The van der Waals surface area contributed by atoms with Crippen LogP contribution in [0.2, 0.25) is 39.3 Å². The van der Waals surface area contributed by atoms with Crippen molar-refractivity contribution in [3.05, 3.63) is 0 Å². The molecule has 1 fully saturated rings. The third-order valence-corrected chi connectivity index (χ3v) is 5.90. The molecule has 1 aliphatic heterocycles. The molecule has 0 bridgehead atoms. The highest BCUT2D eigenvalue weighted by Gasteiger charge is 2.52. The van der Waals surface area contributed by atoms with E-state index >= 15 is 0 Å². The Morgan fingerprint density at radius 2 is 1.76 bits per heavy atom. The van der Waals surface area contributed by atoms with Crippen LogP contribution in [0.5, 0.6) is 0 Å². The first kappa shape index (κ1) is 14.9. The summed E-state index contributed by atoms with van der Waals surface area (Å²) < 4.78 is 7.47. The molecule has 0 aliphatic carbocycles. The predicted octanol–water partition coefficient (Wildman–Crippen LogP) is 1.98. The van der Waals surface area contributed by atoms with Crippen LogP contribution in [0.4, 0.5) is 0 Å². The second-order valence-corrected chi connectivity index (χ2v) is 16.1. The molecule has 6 heteroatoms. The van der Waals surface area contributed by atoms with Crippen molar-refractivity contribution in [3.63, 3.8) is 0 Å². The molecule has 0 unspecified atom stereocenters. The van der Waals surface area contributed by atoms with Crippen molar-refractivity contribution >= 4 is 22.5 Å². The first-order valence-electron chi connectivity index (χ1n) is 6.20. The smallest absolute Gasteiger partial charge is 0.339 e. The summed E-state index contributed by atoms with van der Waals surface area (Å²) in [7, 11) is -3.64. The summed E-state index contributed by atoms with van der Waals surface area (Å²) in [5.74, 6) is -0.434. The SMILES string of the molecule is C[Si](C)(C)OC(=O)[C@]1(O)CCCN1[Si](C)(C)C. The summed E-state index contributed by atoms with van der Waals surface area (Å²) in [4.78, 5) is 12.2. The van der Waals surface area contributed by atoms with Crippen LogP contribution in [0.15, 0.2) is 0 Å². The van der Waals surface area contributed by atoms with Gasteiger partial charge in [-0.05, 0) is 32.6 Å². The van der Waals surface area contributed by atoms with E-state index in [4.69, 9.17) is 4.43 Å². The second kappa shape index (κ2) is 4.49. The van der Waals surface area contributed by atoms with Gasteiger partial charge in [0, 0.05) is 6.42 Å². The summed E-state index contributed by atoms with van der Waals surface area (Å²) in [6, 6.07) is 0. The zero-order valence-corrected chi connectivity index (χ0v) is 13.8. The number of carbonyl (C=O) groups excluding carboxylic acids is 1. The average molecular weight is 275 g/mol. The van der Waals surface area contributed by atoms with E-state index < -0.39 is 28.2 Å². The molecule has 17 heavy (non-hydrogen) atoms. The van der Waals surface area contributed by atoms with Crippen molar-refractivity contribution in [2.45, 2.75) is 57.8 Å². The third kappa shape index (κ3) is 3.40. The highest BCUT2D eigenvalue weighted by Crippen LogP contribution is 2.33. The molecule has 0 aromatic heterocycles. The van der Waals surface area contributed by atoms with E-state index in [9.17, 15) is 9.90 Å². The Kier molecular flexibility index (Phi) is 3.93. The average Bonchev–Trinajstić information content (AvgIpc) is 2.44. The molecule has 0 amide bonds. The Morgan fingerprint density at radius 1 is 1.24 bits per heavy atom. The Morgan fingerprint density at radius 3 is 2.18 bits per heavy atom. The molecule has 0 radical (unpaired) electrons. The molecule has 0 spiro atoms. The maximum Gasteiger partial charge on any atom is 0.339 e. The highest BCUT2D eigenvalue weighted by atomic mass is 28.4. The maximum atomic E-state index is 12.2. The summed E-state index contributed by atoms with van der Waals surface area (Å²) in [5, 5.41) is 10.6. The van der Waals surface area contributed by atoms with Gasteiger partial charge in [-0.2, -0.15) is 0 Å². The molecule has 0 saturated carbocycles. The van der Waals surface area contributed by atoms with Gasteiger partial charge in [0.15, 0.2) is 0 Å². The van der Waals surface area contributed by atoms with Crippen LogP contribution in [0.25, 0.3) is 0 Å². The molecule has 1 saturated heterocycles. The quantitative estimate of drug-likeness (QED) is 0.800. The highest BCUT2D eigenvalue weighted by molar-refractivity contribution is 6.74. The molecular formula is C11H25NO3Si2. The molecule has 1 atom stereocenters. The fourth-order valence-corrected chi connectivity index (χ4v) is 5.13. The fraction of sp³-hybridized carbons (Fsp3) is 0.909. The van der Waals surface area contributed by atoms with E-state index in [0.717, 1.165) is 13.0 Å². The predicted molar refractivity (Wildman–Crippen MR) is 73.7 cm³/mol. The lowest BCUT2D eigenvalue weighted by Crippen LogP contribution is -2.61. The van der Waals surface area contributed by atoms with E-state index in [2.05, 4.69) is 19.6 Å². The van der Waals surface area contributed by atoms with Gasteiger partial charge < -0.3 is 9.53 Å². The van der Waals surface area contributed by atoms with Gasteiger partial charge in [0.05, 0.1) is 0 Å². The number of aliphatic hydroxyl groups is 1. The summed E-state index contributed by atoms with van der Waals surface area (Å²) in [6.07, 6.45) is 1.36. The fourth-order valence-electron chi connectivity index (χ4n) is 2.27. The van der Waals surface area contributed by atoms with E-state index in [0.29, 0.717) is 6.42 Å². The molecular weight excluding hydrogens is 250 g/mol. The zero-order valence-electron chi connectivity index (χ0n) is 11.8. The number of nitrogens with zero attached hydrogens (tertiary/aromatic N) is 1. The minimum absolute atomic E-state index is 0.434. The standard InChI is InChI=1S/C11H25NO3Si2/c1-16(2,3)12-9-7-8-11(12,14)10(13)15-17(4,5)6/h14H,7-9H2,1-6H3/t11-/m1/s1. The molecule has 4 nitrogen and oxygen atoms in total. The van der Waals surface area contributed by atoms with Crippen LogP contribution in [0, 0.1) is 0 Å². The minimum atomic E-state index is -1.94. The van der Waals surface area contributed by atoms with E-state index in [1.54, 1.807) is 0 Å². The topological polar surface area (TPSA) is 49.8 Å². The van der Waals surface area contributed by atoms with Gasteiger partial charge in [0.25, 0.3) is 0 Å². The van der Waals surface area contributed by atoms with Crippen molar-refractivity contribution in [2.75, 3.05) is 6.54 Å². The molecule has 1 heterocycles. The lowest BCUT2D eigenvalue weighted by atomic mass is 10.2. The number of carbonyl (C=O) groups is 1. The summed E-state index contributed by atoms with van der Waals surface area (Å²) >= 11 is 0. The summed E-state index contributed by atoms with van der Waals surface area (Å²) in [5.41, 5.74) is -1.37. The van der Waals surface area contributed by atoms with Crippen molar-refractivity contribution in [1.82, 2.24) is 4.57 Å². The Balaban J connectivity index is 2.90. The monoisotopic (exact) mass is 275 g/mol. The van der Waals surface area contributed by atoms with Gasteiger partial charge in [0.1, 0.15) is 8.24 Å². The van der Waals surface area contributed by atoms with Gasteiger partial charge >= 0.3 is 5.97 Å². The van der Waals surface area contributed by atoms with Gasteiger partial charge in [0.2, 0.25) is 14.0 Å². The van der Waals surface area contributed by atoms with Gasteiger partial charge in [-0.15, -0.1) is 0 Å². The lowest BCUT2D eigenvalue weighted by molar-refractivity contribution is -0.167. The first-order chi connectivity index (χ1) is 7.47. The van der Waals surface area contributed by atoms with Crippen molar-refractivity contribution in [1.29, 1.82) is 0 Å². The molecule has 1 N–H and O–H groups in total. The van der Waals surface area contributed by atoms with Crippen LogP contribution in [-0.4, -0.2) is 44.5 Å².